The topological polar surface area (TPSA) is 83.5 Å². The van der Waals surface area contributed by atoms with Crippen molar-refractivity contribution >= 4 is 25.7 Å². The van der Waals surface area contributed by atoms with Gasteiger partial charge in [-0.3, -0.25) is 4.72 Å². The lowest BCUT2D eigenvalue weighted by Gasteiger charge is -2.15. The standard InChI is InChI=1S/C18H22N2O4S2/c1-15-4-10-18(11-5-15)26(23,24)19-17-8-6-16(7-9-17)14-25(21,22)20-12-2-3-13-20/h4-11,19H,2-3,12-14H2,1H3. The van der Waals surface area contributed by atoms with E-state index in [-0.39, 0.29) is 10.6 Å². The molecular formula is C18H22N2O4S2. The van der Waals surface area contributed by atoms with Gasteiger partial charge in [-0.15, -0.1) is 0 Å². The zero-order valence-electron chi connectivity index (χ0n) is 14.6. The molecule has 0 aromatic heterocycles. The monoisotopic (exact) mass is 394 g/mol. The van der Waals surface area contributed by atoms with Gasteiger partial charge in [0.25, 0.3) is 10.0 Å². The van der Waals surface area contributed by atoms with E-state index in [4.69, 9.17) is 0 Å². The van der Waals surface area contributed by atoms with Crippen molar-refractivity contribution in [2.75, 3.05) is 17.8 Å². The zero-order valence-corrected chi connectivity index (χ0v) is 16.2. The largest absolute Gasteiger partial charge is 0.280 e. The normalized spacial score (nSPS) is 15.9. The number of sulfonamides is 2. The summed E-state index contributed by atoms with van der Waals surface area (Å²) in [6.07, 6.45) is 1.80. The molecule has 3 rings (SSSR count). The molecule has 1 N–H and O–H groups in total. The van der Waals surface area contributed by atoms with Crippen LogP contribution in [-0.4, -0.2) is 34.2 Å². The van der Waals surface area contributed by atoms with E-state index >= 15 is 0 Å². The third-order valence-electron chi connectivity index (χ3n) is 4.34. The summed E-state index contributed by atoms with van der Waals surface area (Å²) in [5, 5.41) is 0. The van der Waals surface area contributed by atoms with Crippen LogP contribution < -0.4 is 4.72 Å². The van der Waals surface area contributed by atoms with Crippen LogP contribution in [0.15, 0.2) is 53.4 Å². The Labute approximate surface area is 155 Å². The highest BCUT2D eigenvalue weighted by molar-refractivity contribution is 7.92. The average molecular weight is 395 g/mol. The van der Waals surface area contributed by atoms with Gasteiger partial charge in [-0.1, -0.05) is 29.8 Å². The van der Waals surface area contributed by atoms with Gasteiger partial charge in [-0.25, -0.2) is 21.1 Å². The van der Waals surface area contributed by atoms with Crippen LogP contribution in [-0.2, 0) is 25.8 Å². The molecule has 0 saturated carbocycles. The van der Waals surface area contributed by atoms with Crippen LogP contribution in [0.1, 0.15) is 24.0 Å². The molecule has 140 valence electrons. The van der Waals surface area contributed by atoms with E-state index < -0.39 is 20.0 Å². The van der Waals surface area contributed by atoms with Gasteiger partial charge in [0.1, 0.15) is 0 Å². The van der Waals surface area contributed by atoms with Crippen LogP contribution >= 0.6 is 0 Å². The lowest BCUT2D eigenvalue weighted by molar-refractivity contribution is 0.476. The summed E-state index contributed by atoms with van der Waals surface area (Å²) in [5.74, 6) is -0.0714. The van der Waals surface area contributed by atoms with Crippen LogP contribution in [0.4, 0.5) is 5.69 Å². The minimum Gasteiger partial charge on any atom is -0.280 e. The summed E-state index contributed by atoms with van der Waals surface area (Å²) in [5.41, 5.74) is 2.01. The first-order valence-electron chi connectivity index (χ1n) is 8.42. The van der Waals surface area contributed by atoms with Gasteiger partial charge >= 0.3 is 0 Å². The number of hydrogen-bond donors (Lipinski definition) is 1. The van der Waals surface area contributed by atoms with Gasteiger partial charge in [0.2, 0.25) is 10.0 Å². The molecule has 0 radical (unpaired) electrons. The molecule has 1 saturated heterocycles. The Balaban J connectivity index is 1.70. The smallest absolute Gasteiger partial charge is 0.261 e. The lowest BCUT2D eigenvalue weighted by atomic mass is 10.2. The molecule has 2 aromatic carbocycles. The summed E-state index contributed by atoms with van der Waals surface area (Å²) >= 11 is 0. The van der Waals surface area contributed by atoms with Gasteiger partial charge in [0.05, 0.1) is 10.6 Å². The van der Waals surface area contributed by atoms with Crippen molar-refractivity contribution in [3.05, 3.63) is 59.7 Å². The molecule has 0 atom stereocenters. The molecule has 0 aliphatic carbocycles. The number of aryl methyl sites for hydroxylation is 1. The maximum atomic E-state index is 12.4. The van der Waals surface area contributed by atoms with Crippen molar-refractivity contribution in [2.24, 2.45) is 0 Å². The maximum Gasteiger partial charge on any atom is 0.261 e. The number of nitrogens with one attached hydrogen (secondary N) is 1. The molecule has 6 nitrogen and oxygen atoms in total. The Kier molecular flexibility index (Phi) is 5.36. The van der Waals surface area contributed by atoms with E-state index in [0.717, 1.165) is 18.4 Å². The van der Waals surface area contributed by atoms with E-state index in [2.05, 4.69) is 4.72 Å². The summed E-state index contributed by atoms with van der Waals surface area (Å²) in [6, 6.07) is 13.0. The third kappa shape index (κ3) is 4.44. The first-order chi connectivity index (χ1) is 12.3. The van der Waals surface area contributed by atoms with Crippen molar-refractivity contribution in [1.82, 2.24) is 4.31 Å². The van der Waals surface area contributed by atoms with Gasteiger partial charge in [0.15, 0.2) is 0 Å². The van der Waals surface area contributed by atoms with Gasteiger partial charge in [-0.05, 0) is 49.6 Å². The molecule has 0 amide bonds. The Morgan fingerprint density at radius 2 is 1.46 bits per heavy atom. The fourth-order valence-corrected chi connectivity index (χ4v) is 5.54. The number of rotatable bonds is 6. The molecule has 1 aliphatic rings. The second-order valence-corrected chi connectivity index (χ2v) is 10.1. The summed E-state index contributed by atoms with van der Waals surface area (Å²) in [4.78, 5) is 0.184. The molecule has 1 heterocycles. The number of benzene rings is 2. The van der Waals surface area contributed by atoms with E-state index in [1.165, 1.54) is 4.31 Å². The molecule has 26 heavy (non-hydrogen) atoms. The molecule has 1 fully saturated rings. The molecule has 0 unspecified atom stereocenters. The van der Waals surface area contributed by atoms with Crippen LogP contribution in [0.3, 0.4) is 0 Å². The fourth-order valence-electron chi connectivity index (χ4n) is 2.87. The van der Waals surface area contributed by atoms with Crippen LogP contribution in [0, 0.1) is 6.92 Å². The fraction of sp³-hybridized carbons (Fsp3) is 0.333. The quantitative estimate of drug-likeness (QED) is 0.817. The molecular weight excluding hydrogens is 372 g/mol. The van der Waals surface area contributed by atoms with Crippen LogP contribution in [0.2, 0.25) is 0 Å². The van der Waals surface area contributed by atoms with Gasteiger partial charge in [-0.2, -0.15) is 0 Å². The summed E-state index contributed by atoms with van der Waals surface area (Å²) < 4.78 is 53.5. The van der Waals surface area contributed by atoms with E-state index in [0.29, 0.717) is 24.3 Å². The first kappa shape index (κ1) is 18.9. The predicted molar refractivity (Wildman–Crippen MR) is 102 cm³/mol. The highest BCUT2D eigenvalue weighted by Crippen LogP contribution is 2.20. The van der Waals surface area contributed by atoms with Crippen molar-refractivity contribution in [3.63, 3.8) is 0 Å². The highest BCUT2D eigenvalue weighted by atomic mass is 32.2. The average Bonchev–Trinajstić information content (AvgIpc) is 3.12. The molecule has 1 aliphatic heterocycles. The number of hydrogen-bond acceptors (Lipinski definition) is 4. The van der Waals surface area contributed by atoms with Crippen molar-refractivity contribution < 1.29 is 16.8 Å². The molecule has 0 spiro atoms. The Bertz CT molecular complexity index is 961. The van der Waals surface area contributed by atoms with Crippen molar-refractivity contribution in [2.45, 2.75) is 30.4 Å². The van der Waals surface area contributed by atoms with Crippen molar-refractivity contribution in [1.29, 1.82) is 0 Å². The third-order valence-corrected chi connectivity index (χ3v) is 7.59. The first-order valence-corrected chi connectivity index (χ1v) is 11.5. The Hall–Kier alpha value is -1.90. The minimum atomic E-state index is -3.67. The van der Waals surface area contributed by atoms with Crippen molar-refractivity contribution in [3.8, 4) is 0 Å². The SMILES string of the molecule is Cc1ccc(S(=O)(=O)Nc2ccc(CS(=O)(=O)N3CCCC3)cc2)cc1. The van der Waals surface area contributed by atoms with Gasteiger partial charge in [0, 0.05) is 18.8 Å². The lowest BCUT2D eigenvalue weighted by Crippen LogP contribution is -2.29. The van der Waals surface area contributed by atoms with Gasteiger partial charge < -0.3 is 0 Å². The number of nitrogens with zero attached hydrogens (tertiary/aromatic N) is 1. The second kappa shape index (κ2) is 7.38. The number of anilines is 1. The summed E-state index contributed by atoms with van der Waals surface area (Å²) in [7, 11) is -6.98. The molecule has 8 heteroatoms. The second-order valence-electron chi connectivity index (χ2n) is 6.48. The van der Waals surface area contributed by atoms with E-state index in [9.17, 15) is 16.8 Å². The highest BCUT2D eigenvalue weighted by Gasteiger charge is 2.25. The van der Waals surface area contributed by atoms with E-state index in [1.54, 1.807) is 48.5 Å². The van der Waals surface area contributed by atoms with E-state index in [1.807, 2.05) is 6.92 Å². The predicted octanol–water partition coefficient (Wildman–Crippen LogP) is 2.72. The molecule has 0 bridgehead atoms. The van der Waals surface area contributed by atoms with Crippen LogP contribution in [0.5, 0.6) is 0 Å². The Morgan fingerprint density at radius 1 is 0.885 bits per heavy atom. The Morgan fingerprint density at radius 3 is 2.04 bits per heavy atom. The van der Waals surface area contributed by atoms with Crippen LogP contribution in [0.25, 0.3) is 0 Å². The maximum absolute atomic E-state index is 12.4. The zero-order chi connectivity index (χ0) is 18.8. The molecule has 2 aromatic rings. The minimum absolute atomic E-state index is 0.0714. The summed E-state index contributed by atoms with van der Waals surface area (Å²) in [6.45, 7) is 3.05.